The molecular formula is C12H22N2. The molecule has 0 amide bonds. The van der Waals surface area contributed by atoms with Crippen LogP contribution >= 0.6 is 0 Å². The first-order valence-corrected chi connectivity index (χ1v) is 5.61. The third-order valence-electron chi connectivity index (χ3n) is 2.66. The van der Waals surface area contributed by atoms with E-state index in [1.54, 1.807) is 0 Å². The third kappa shape index (κ3) is 2.31. The summed E-state index contributed by atoms with van der Waals surface area (Å²) in [6.07, 6.45) is 8.43. The van der Waals surface area contributed by atoms with Gasteiger partial charge in [-0.2, -0.15) is 6.08 Å². The second kappa shape index (κ2) is 5.08. The van der Waals surface area contributed by atoms with Gasteiger partial charge >= 0.3 is 0 Å². The Kier molecular flexibility index (Phi) is 4.05. The van der Waals surface area contributed by atoms with Crippen LogP contribution in [-0.2, 0) is 0 Å². The van der Waals surface area contributed by atoms with Crippen LogP contribution in [0.4, 0.5) is 0 Å². The zero-order valence-electron chi connectivity index (χ0n) is 9.83. The molecule has 0 N–H and O–H groups in total. The van der Waals surface area contributed by atoms with Gasteiger partial charge in [0, 0.05) is 0 Å². The largest absolute Gasteiger partial charge is 0.348 e. The van der Waals surface area contributed by atoms with Gasteiger partial charge in [0.2, 0.25) is 0 Å². The van der Waals surface area contributed by atoms with Crippen molar-refractivity contribution in [3.8, 4) is 0 Å². The standard InChI is InChI=1S/C10H16N2.C2H6/c1-11-7-9-5-3-4-6-10(9)12(2)8-11;1-2/h5,7-8,10H,3-4,6H2,1-2H3;1-2H3. The van der Waals surface area contributed by atoms with Crippen molar-refractivity contribution in [2.24, 2.45) is 0 Å². The maximum Gasteiger partial charge on any atom is 0.144 e. The number of allylic oxidation sites excluding steroid dienone is 1. The van der Waals surface area contributed by atoms with E-state index in [0.29, 0.717) is 6.04 Å². The minimum absolute atomic E-state index is 0.648. The van der Waals surface area contributed by atoms with Gasteiger partial charge in [0.1, 0.15) is 6.34 Å². The van der Waals surface area contributed by atoms with Crippen LogP contribution in [0.2, 0.25) is 0 Å². The molecule has 80 valence electrons. The van der Waals surface area contributed by atoms with Gasteiger partial charge in [-0.05, 0) is 13.0 Å². The van der Waals surface area contributed by atoms with Gasteiger partial charge < -0.3 is 9.48 Å². The number of likely N-dealkylation sites (N-methyl/N-ethyl adjacent to an activating group) is 2. The molecule has 2 rings (SSSR count). The molecule has 0 saturated heterocycles. The van der Waals surface area contributed by atoms with Crippen LogP contribution in [0, 0.1) is 6.54 Å². The second-order valence-corrected chi connectivity index (χ2v) is 3.73. The molecule has 0 radical (unpaired) electrons. The molecule has 2 nitrogen and oxygen atoms in total. The first-order valence-electron chi connectivity index (χ1n) is 5.61. The first-order chi connectivity index (χ1) is 6.77. The molecule has 0 spiro atoms. The van der Waals surface area contributed by atoms with Gasteiger partial charge in [-0.3, -0.25) is 0 Å². The molecule has 1 unspecified atom stereocenters. The molecule has 2 aliphatic rings. The summed E-state index contributed by atoms with van der Waals surface area (Å²) < 4.78 is 2.13. The highest BCUT2D eigenvalue weighted by molar-refractivity contribution is 5.53. The average molecular weight is 194 g/mol. The van der Waals surface area contributed by atoms with Crippen molar-refractivity contribution < 1.29 is 4.58 Å². The van der Waals surface area contributed by atoms with Crippen molar-refractivity contribution >= 4 is 6.34 Å². The summed E-state index contributed by atoms with van der Waals surface area (Å²) in [6, 6.07) is 0.648. The van der Waals surface area contributed by atoms with Crippen LogP contribution in [0.5, 0.6) is 0 Å². The van der Waals surface area contributed by atoms with Gasteiger partial charge in [-0.1, -0.05) is 32.3 Å². The Morgan fingerprint density at radius 1 is 1.50 bits per heavy atom. The molecule has 1 atom stereocenters. The van der Waals surface area contributed by atoms with Gasteiger partial charge in [-0.25, -0.2) is 0 Å². The van der Waals surface area contributed by atoms with E-state index in [2.05, 4.69) is 42.5 Å². The van der Waals surface area contributed by atoms with E-state index in [0.717, 1.165) is 0 Å². The van der Waals surface area contributed by atoms with Crippen LogP contribution in [0.25, 0.3) is 0 Å². The molecule has 1 aliphatic heterocycles. The summed E-state index contributed by atoms with van der Waals surface area (Å²) in [5.41, 5.74) is 1.49. The summed E-state index contributed by atoms with van der Waals surface area (Å²) >= 11 is 0. The number of rotatable bonds is 0. The summed E-state index contributed by atoms with van der Waals surface area (Å²) in [5, 5.41) is 0. The molecule has 0 aromatic rings. The topological polar surface area (TPSA) is 6.25 Å². The lowest BCUT2D eigenvalue weighted by Gasteiger charge is -2.36. The van der Waals surface area contributed by atoms with E-state index in [-0.39, 0.29) is 0 Å². The fourth-order valence-corrected chi connectivity index (χ4v) is 2.10. The first kappa shape index (κ1) is 11.2. The summed E-state index contributed by atoms with van der Waals surface area (Å²) in [7, 11) is 4.25. The maximum atomic E-state index is 2.37. The minimum Gasteiger partial charge on any atom is -0.348 e. The lowest BCUT2D eigenvalue weighted by molar-refractivity contribution is -0.454. The van der Waals surface area contributed by atoms with Gasteiger partial charge in [-0.15, -0.1) is 0 Å². The monoisotopic (exact) mass is 194 g/mol. The Morgan fingerprint density at radius 2 is 2.21 bits per heavy atom. The Bertz CT molecular complexity index is 241. The van der Waals surface area contributed by atoms with Gasteiger partial charge in [0.25, 0.3) is 0 Å². The van der Waals surface area contributed by atoms with Crippen LogP contribution < -0.4 is 0 Å². The smallest absolute Gasteiger partial charge is 0.144 e. The molecule has 0 aromatic heterocycles. The van der Waals surface area contributed by atoms with Gasteiger partial charge in [0.15, 0.2) is 0 Å². The number of hydrogen-bond acceptors (Lipinski definition) is 1. The highest BCUT2D eigenvalue weighted by Gasteiger charge is 2.23. The van der Waals surface area contributed by atoms with Crippen LogP contribution in [-0.4, -0.2) is 36.0 Å². The summed E-state index contributed by atoms with van der Waals surface area (Å²) in [4.78, 5) is 2.31. The van der Waals surface area contributed by atoms with Gasteiger partial charge in [0.05, 0.1) is 20.1 Å². The maximum absolute atomic E-state index is 2.37. The minimum atomic E-state index is 0.648. The molecule has 14 heavy (non-hydrogen) atoms. The summed E-state index contributed by atoms with van der Waals surface area (Å²) in [5.74, 6) is 0. The SMILES string of the molecule is CC.CN1C=[N+](C)[CH-]C2=CCCCC21. The molecule has 0 bridgehead atoms. The zero-order valence-corrected chi connectivity index (χ0v) is 9.83. The predicted molar refractivity (Wildman–Crippen MR) is 61.4 cm³/mol. The van der Waals surface area contributed by atoms with Crippen molar-refractivity contribution in [3.05, 3.63) is 18.2 Å². The molecule has 0 aromatic carbocycles. The van der Waals surface area contributed by atoms with Crippen molar-refractivity contribution in [3.63, 3.8) is 0 Å². The van der Waals surface area contributed by atoms with E-state index in [9.17, 15) is 0 Å². The average Bonchev–Trinajstić information content (AvgIpc) is 2.20. The van der Waals surface area contributed by atoms with Crippen molar-refractivity contribution in [1.82, 2.24) is 4.90 Å². The van der Waals surface area contributed by atoms with E-state index < -0.39 is 0 Å². The normalized spacial score (nSPS) is 24.9. The van der Waals surface area contributed by atoms with E-state index in [4.69, 9.17) is 0 Å². The molecule has 0 saturated carbocycles. The number of nitrogens with zero attached hydrogens (tertiary/aromatic N) is 2. The molecule has 0 fully saturated rings. The number of fused-ring (bicyclic) bond motifs is 1. The lowest BCUT2D eigenvalue weighted by Crippen LogP contribution is -2.41. The zero-order chi connectivity index (χ0) is 10.6. The van der Waals surface area contributed by atoms with Crippen LogP contribution in [0.1, 0.15) is 33.1 Å². The predicted octanol–water partition coefficient (Wildman–Crippen LogP) is 2.27. The highest BCUT2D eigenvalue weighted by atomic mass is 15.2. The highest BCUT2D eigenvalue weighted by Crippen LogP contribution is 2.25. The van der Waals surface area contributed by atoms with E-state index in [1.165, 1.54) is 24.8 Å². The van der Waals surface area contributed by atoms with Crippen molar-refractivity contribution in [2.75, 3.05) is 14.1 Å². The molecule has 1 heterocycles. The van der Waals surface area contributed by atoms with E-state index >= 15 is 0 Å². The molecular weight excluding hydrogens is 172 g/mol. The third-order valence-corrected chi connectivity index (χ3v) is 2.66. The van der Waals surface area contributed by atoms with Crippen LogP contribution in [0.3, 0.4) is 0 Å². The number of hydrogen-bond donors (Lipinski definition) is 0. The molecule has 1 aliphatic carbocycles. The Morgan fingerprint density at radius 3 is 2.93 bits per heavy atom. The summed E-state index contributed by atoms with van der Waals surface area (Å²) in [6.45, 7) is 6.24. The van der Waals surface area contributed by atoms with Crippen LogP contribution in [0.15, 0.2) is 11.6 Å². The Hall–Kier alpha value is -0.920. The Labute approximate surface area is 87.9 Å². The quantitative estimate of drug-likeness (QED) is 0.423. The lowest BCUT2D eigenvalue weighted by atomic mass is 9.92. The second-order valence-electron chi connectivity index (χ2n) is 3.73. The molecule has 2 heteroatoms. The van der Waals surface area contributed by atoms with Crippen molar-refractivity contribution in [2.45, 2.75) is 39.2 Å². The fraction of sp³-hybridized carbons (Fsp3) is 0.667. The fourth-order valence-electron chi connectivity index (χ4n) is 2.10. The Balaban J connectivity index is 0.000000461. The van der Waals surface area contributed by atoms with E-state index in [1.807, 2.05) is 13.8 Å². The van der Waals surface area contributed by atoms with Crippen molar-refractivity contribution in [1.29, 1.82) is 0 Å².